The summed E-state index contributed by atoms with van der Waals surface area (Å²) in [7, 11) is 0. The minimum absolute atomic E-state index is 0.432. The van der Waals surface area contributed by atoms with Gasteiger partial charge < -0.3 is 4.57 Å². The molecule has 7 heteroatoms. The maximum absolute atomic E-state index is 6.00. The first-order valence-corrected chi connectivity index (χ1v) is 10.3. The number of thioether (sulfide) groups is 1. The Morgan fingerprint density at radius 1 is 0.964 bits per heavy atom. The molecule has 0 radical (unpaired) electrons. The Bertz CT molecular complexity index is 967. The van der Waals surface area contributed by atoms with E-state index in [0.717, 1.165) is 30.1 Å². The van der Waals surface area contributed by atoms with Gasteiger partial charge in [0, 0.05) is 34.1 Å². The Balaban J connectivity index is 1.44. The molecule has 2 aromatic heterocycles. The largest absolute Gasteiger partial charge is 0.336 e. The van der Waals surface area contributed by atoms with Crippen LogP contribution in [0.2, 0.25) is 5.02 Å². The average molecular weight is 410 g/mol. The Morgan fingerprint density at radius 3 is 2.46 bits per heavy atom. The lowest BCUT2D eigenvalue weighted by molar-refractivity contribution is 0.624. The predicted octanol–water partition coefficient (Wildman–Crippen LogP) is 4.91. The zero-order valence-corrected chi connectivity index (χ0v) is 16.8. The standard InChI is InChI=1S/C21H20ClN5S/c22-18-4-1-17(2-5-18)3-8-21(13-26-12-11-23-15-26)28-20-9-6-19(7-10-20)27-16-24-14-25-27/h1-2,4-7,9-12,14-16,21H,3,8,13H2. The maximum Gasteiger partial charge on any atom is 0.138 e. The van der Waals surface area contributed by atoms with Gasteiger partial charge in [-0.2, -0.15) is 5.10 Å². The first kappa shape index (κ1) is 18.8. The molecule has 0 amide bonds. The predicted molar refractivity (Wildman–Crippen MR) is 113 cm³/mol. The van der Waals surface area contributed by atoms with Crippen molar-refractivity contribution >= 4 is 23.4 Å². The first-order chi connectivity index (χ1) is 13.8. The molecule has 0 fully saturated rings. The van der Waals surface area contributed by atoms with Crippen LogP contribution < -0.4 is 0 Å². The van der Waals surface area contributed by atoms with Gasteiger partial charge in [-0.05, 0) is 54.8 Å². The van der Waals surface area contributed by atoms with Crippen LogP contribution in [0.4, 0.5) is 0 Å². The van der Waals surface area contributed by atoms with Crippen LogP contribution in [0.3, 0.4) is 0 Å². The third-order valence-corrected chi connectivity index (χ3v) is 5.98. The molecule has 142 valence electrons. The molecule has 2 heterocycles. The quantitative estimate of drug-likeness (QED) is 0.388. The number of hydrogen-bond acceptors (Lipinski definition) is 4. The SMILES string of the molecule is Clc1ccc(CCC(Cn2ccnc2)Sc2ccc(-n3cncn3)cc2)cc1. The normalized spacial score (nSPS) is 12.2. The monoisotopic (exact) mass is 409 g/mol. The zero-order chi connectivity index (χ0) is 19.2. The molecule has 0 saturated carbocycles. The molecule has 0 saturated heterocycles. The van der Waals surface area contributed by atoms with Crippen LogP contribution in [0.5, 0.6) is 0 Å². The van der Waals surface area contributed by atoms with Gasteiger partial charge in [0.05, 0.1) is 12.0 Å². The molecule has 4 aromatic rings. The molecule has 0 N–H and O–H groups in total. The third-order valence-electron chi connectivity index (χ3n) is 4.46. The highest BCUT2D eigenvalue weighted by Gasteiger charge is 2.12. The van der Waals surface area contributed by atoms with Gasteiger partial charge in [0.15, 0.2) is 0 Å². The fourth-order valence-electron chi connectivity index (χ4n) is 3.01. The lowest BCUT2D eigenvalue weighted by atomic mass is 10.1. The number of rotatable bonds is 8. The number of imidazole rings is 1. The van der Waals surface area contributed by atoms with E-state index < -0.39 is 0 Å². The zero-order valence-electron chi connectivity index (χ0n) is 15.2. The van der Waals surface area contributed by atoms with E-state index in [1.165, 1.54) is 10.5 Å². The van der Waals surface area contributed by atoms with E-state index in [4.69, 9.17) is 11.6 Å². The van der Waals surface area contributed by atoms with Crippen molar-refractivity contribution in [1.82, 2.24) is 24.3 Å². The molecule has 2 aromatic carbocycles. The summed E-state index contributed by atoms with van der Waals surface area (Å²) in [5.74, 6) is 0. The average Bonchev–Trinajstić information content (AvgIpc) is 3.42. The second-order valence-corrected chi connectivity index (χ2v) is 8.31. The minimum Gasteiger partial charge on any atom is -0.336 e. The van der Waals surface area contributed by atoms with Gasteiger partial charge in [-0.25, -0.2) is 14.6 Å². The number of benzene rings is 2. The lowest BCUT2D eigenvalue weighted by Gasteiger charge is -2.17. The summed E-state index contributed by atoms with van der Waals surface area (Å²) >= 11 is 7.90. The third kappa shape index (κ3) is 5.03. The van der Waals surface area contributed by atoms with E-state index in [2.05, 4.69) is 56.0 Å². The summed E-state index contributed by atoms with van der Waals surface area (Å²) in [6, 6.07) is 16.6. The van der Waals surface area contributed by atoms with Crippen molar-refractivity contribution in [3.63, 3.8) is 0 Å². The summed E-state index contributed by atoms with van der Waals surface area (Å²) in [6.07, 6.45) is 11.0. The fourth-order valence-corrected chi connectivity index (χ4v) is 4.29. The Kier molecular flexibility index (Phi) is 6.09. The van der Waals surface area contributed by atoms with Crippen molar-refractivity contribution in [3.8, 4) is 5.69 Å². The molecule has 0 spiro atoms. The summed E-state index contributed by atoms with van der Waals surface area (Å²) in [5, 5.41) is 5.39. The van der Waals surface area contributed by atoms with Gasteiger partial charge >= 0.3 is 0 Å². The minimum atomic E-state index is 0.432. The molecular weight excluding hydrogens is 390 g/mol. The molecule has 28 heavy (non-hydrogen) atoms. The van der Waals surface area contributed by atoms with Crippen LogP contribution in [-0.4, -0.2) is 29.6 Å². The van der Waals surface area contributed by atoms with Gasteiger partial charge in [-0.15, -0.1) is 11.8 Å². The molecule has 0 aliphatic heterocycles. The highest BCUT2D eigenvalue weighted by atomic mass is 35.5. The van der Waals surface area contributed by atoms with Crippen LogP contribution in [0.25, 0.3) is 5.69 Å². The van der Waals surface area contributed by atoms with Crippen molar-refractivity contribution in [2.45, 2.75) is 29.5 Å². The molecule has 4 rings (SSSR count). The molecular formula is C21H20ClN5S. The van der Waals surface area contributed by atoms with Crippen molar-refractivity contribution in [1.29, 1.82) is 0 Å². The van der Waals surface area contributed by atoms with Crippen LogP contribution in [-0.2, 0) is 13.0 Å². The van der Waals surface area contributed by atoms with E-state index in [1.807, 2.05) is 42.6 Å². The Hall–Kier alpha value is -2.57. The number of hydrogen-bond donors (Lipinski definition) is 0. The molecule has 1 unspecified atom stereocenters. The summed E-state index contributed by atoms with van der Waals surface area (Å²) < 4.78 is 3.90. The van der Waals surface area contributed by atoms with Crippen molar-refractivity contribution in [2.75, 3.05) is 0 Å². The number of halogens is 1. The summed E-state index contributed by atoms with van der Waals surface area (Å²) in [4.78, 5) is 9.41. The molecule has 0 bridgehead atoms. The fraction of sp³-hybridized carbons (Fsp3) is 0.190. The van der Waals surface area contributed by atoms with E-state index in [0.29, 0.717) is 5.25 Å². The number of aromatic nitrogens is 5. The van der Waals surface area contributed by atoms with Gasteiger partial charge in [-0.3, -0.25) is 0 Å². The van der Waals surface area contributed by atoms with Crippen molar-refractivity contribution < 1.29 is 0 Å². The number of aryl methyl sites for hydroxylation is 1. The van der Waals surface area contributed by atoms with Gasteiger partial charge in [0.2, 0.25) is 0 Å². The molecule has 0 aliphatic carbocycles. The first-order valence-electron chi connectivity index (χ1n) is 9.08. The molecule has 0 aliphatic rings. The van der Waals surface area contributed by atoms with Crippen LogP contribution in [0.1, 0.15) is 12.0 Å². The molecule has 5 nitrogen and oxygen atoms in total. The van der Waals surface area contributed by atoms with Crippen LogP contribution >= 0.6 is 23.4 Å². The Morgan fingerprint density at radius 2 is 1.79 bits per heavy atom. The van der Waals surface area contributed by atoms with E-state index in [9.17, 15) is 0 Å². The van der Waals surface area contributed by atoms with Gasteiger partial charge in [0.1, 0.15) is 12.7 Å². The van der Waals surface area contributed by atoms with E-state index in [1.54, 1.807) is 17.3 Å². The maximum atomic E-state index is 6.00. The lowest BCUT2D eigenvalue weighted by Crippen LogP contribution is -2.13. The van der Waals surface area contributed by atoms with Crippen LogP contribution in [0.15, 0.2) is 84.8 Å². The summed E-state index contributed by atoms with van der Waals surface area (Å²) in [5.41, 5.74) is 2.32. The second kappa shape index (κ2) is 9.08. The Labute approximate surface area is 173 Å². The van der Waals surface area contributed by atoms with E-state index in [-0.39, 0.29) is 0 Å². The number of nitrogens with zero attached hydrogens (tertiary/aromatic N) is 5. The van der Waals surface area contributed by atoms with Crippen molar-refractivity contribution in [3.05, 3.63) is 90.5 Å². The second-order valence-electron chi connectivity index (χ2n) is 6.50. The van der Waals surface area contributed by atoms with Gasteiger partial charge in [-0.1, -0.05) is 23.7 Å². The highest BCUT2D eigenvalue weighted by molar-refractivity contribution is 8.00. The topological polar surface area (TPSA) is 48.5 Å². The smallest absolute Gasteiger partial charge is 0.138 e. The molecule has 1 atom stereocenters. The van der Waals surface area contributed by atoms with E-state index >= 15 is 0 Å². The van der Waals surface area contributed by atoms with Gasteiger partial charge in [0.25, 0.3) is 0 Å². The van der Waals surface area contributed by atoms with Crippen molar-refractivity contribution in [2.24, 2.45) is 0 Å². The highest BCUT2D eigenvalue weighted by Crippen LogP contribution is 2.28. The van der Waals surface area contributed by atoms with Crippen LogP contribution in [0, 0.1) is 0 Å². The summed E-state index contributed by atoms with van der Waals surface area (Å²) in [6.45, 7) is 0.920.